The molecule has 194 valence electrons. The maximum absolute atomic E-state index is 12.9. The zero-order chi connectivity index (χ0) is 26.5. The van der Waals surface area contributed by atoms with E-state index >= 15 is 0 Å². The Labute approximate surface area is 208 Å². The lowest BCUT2D eigenvalue weighted by atomic mass is 9.82. The van der Waals surface area contributed by atoms with Crippen molar-refractivity contribution in [1.29, 1.82) is 0 Å². The Kier molecular flexibility index (Phi) is 8.70. The number of carboxylic acids is 1. The van der Waals surface area contributed by atoms with Crippen LogP contribution >= 0.6 is 11.6 Å². The first-order chi connectivity index (χ1) is 17.0. The summed E-state index contributed by atoms with van der Waals surface area (Å²) in [5.74, 6) is -3.24. The third kappa shape index (κ3) is 7.05. The number of ether oxygens (including phenoxy) is 4. The Morgan fingerprint density at radius 3 is 2.50 bits per heavy atom. The Balaban J connectivity index is 1.78. The number of hydrogen-bond acceptors (Lipinski definition) is 7. The number of rotatable bonds is 11. The van der Waals surface area contributed by atoms with E-state index in [0.717, 1.165) is 19.3 Å². The van der Waals surface area contributed by atoms with Gasteiger partial charge in [0, 0.05) is 11.6 Å². The highest BCUT2D eigenvalue weighted by Gasteiger charge is 2.35. The van der Waals surface area contributed by atoms with Gasteiger partial charge in [-0.3, -0.25) is 9.59 Å². The van der Waals surface area contributed by atoms with E-state index < -0.39 is 35.5 Å². The lowest BCUT2D eigenvalue weighted by Crippen LogP contribution is -2.37. The molecule has 8 nitrogen and oxygen atoms in total. The van der Waals surface area contributed by atoms with Gasteiger partial charge in [0.1, 0.15) is 18.1 Å². The van der Waals surface area contributed by atoms with Crippen molar-refractivity contribution in [1.82, 2.24) is 0 Å². The van der Waals surface area contributed by atoms with Crippen LogP contribution < -0.4 is 14.2 Å². The molecule has 0 atom stereocenters. The second-order valence-corrected chi connectivity index (χ2v) is 8.18. The number of carbonyl (C=O) groups excluding carboxylic acids is 1. The second kappa shape index (κ2) is 11.5. The molecule has 0 amide bonds. The first kappa shape index (κ1) is 27.2. The fourth-order valence-electron chi connectivity index (χ4n) is 3.42. The van der Waals surface area contributed by atoms with Crippen molar-refractivity contribution in [2.45, 2.75) is 25.3 Å². The van der Waals surface area contributed by atoms with E-state index in [1.807, 2.05) is 0 Å². The minimum absolute atomic E-state index is 0.0132. The van der Waals surface area contributed by atoms with Crippen LogP contribution in [0.1, 0.15) is 28.8 Å². The Hall–Kier alpha value is -3.44. The van der Waals surface area contributed by atoms with E-state index in [0.29, 0.717) is 12.8 Å². The SMILES string of the molecule is COc1cc(OCCOC2CC(C(=O)O)C2)c(/C=C/C(=O)c2cccc(Cl)c2O)cc1OC(F)(F)F. The predicted octanol–water partition coefficient (Wildman–Crippen LogP) is 5.11. The maximum atomic E-state index is 12.9. The number of allylic oxidation sites excluding steroid dienone is 1. The normalized spacial score (nSPS) is 17.5. The standard InChI is InChI=1S/C24H22ClF3O8/c1-33-20-12-19(35-8-7-34-15-9-14(10-15)23(31)32)13(11-21(20)36-24(26,27)28)5-6-18(29)16-3-2-4-17(25)22(16)30/h2-6,11-12,14-15,30H,7-10H2,1H3,(H,31,32)/b6-5+. The van der Waals surface area contributed by atoms with Crippen LogP contribution in [0.4, 0.5) is 13.2 Å². The Morgan fingerprint density at radius 1 is 1.14 bits per heavy atom. The fraction of sp³-hybridized carbons (Fsp3) is 0.333. The van der Waals surface area contributed by atoms with Gasteiger partial charge in [-0.05, 0) is 43.2 Å². The highest BCUT2D eigenvalue weighted by Crippen LogP contribution is 2.39. The van der Waals surface area contributed by atoms with E-state index in [1.54, 1.807) is 0 Å². The van der Waals surface area contributed by atoms with Crippen LogP contribution in [0.25, 0.3) is 6.08 Å². The average molecular weight is 531 g/mol. The molecule has 0 radical (unpaired) electrons. The highest BCUT2D eigenvalue weighted by molar-refractivity contribution is 6.32. The molecule has 0 bridgehead atoms. The monoisotopic (exact) mass is 530 g/mol. The summed E-state index contributed by atoms with van der Waals surface area (Å²) in [6, 6.07) is 6.35. The fourth-order valence-corrected chi connectivity index (χ4v) is 3.59. The molecule has 1 saturated carbocycles. The topological polar surface area (TPSA) is 112 Å². The van der Waals surface area contributed by atoms with Crippen molar-refractivity contribution < 1.29 is 51.9 Å². The Morgan fingerprint density at radius 2 is 1.86 bits per heavy atom. The molecule has 1 aliphatic carbocycles. The number of carbonyl (C=O) groups is 2. The number of alkyl halides is 3. The summed E-state index contributed by atoms with van der Waals surface area (Å²) in [7, 11) is 1.15. The molecule has 36 heavy (non-hydrogen) atoms. The molecule has 1 aliphatic rings. The molecular weight excluding hydrogens is 509 g/mol. The molecular formula is C24H22ClF3O8. The summed E-state index contributed by atoms with van der Waals surface area (Å²) >= 11 is 5.82. The first-order valence-electron chi connectivity index (χ1n) is 10.6. The third-order valence-corrected chi connectivity index (χ3v) is 5.63. The summed E-state index contributed by atoms with van der Waals surface area (Å²) in [5.41, 5.74) is -0.0467. The number of phenols is 1. The third-order valence-electron chi connectivity index (χ3n) is 5.33. The summed E-state index contributed by atoms with van der Waals surface area (Å²) in [6.45, 7) is 0.0827. The van der Waals surface area contributed by atoms with Crippen molar-refractivity contribution in [2.75, 3.05) is 20.3 Å². The molecule has 0 heterocycles. The number of aromatic hydroxyl groups is 1. The highest BCUT2D eigenvalue weighted by atomic mass is 35.5. The largest absolute Gasteiger partial charge is 0.573 e. The zero-order valence-electron chi connectivity index (χ0n) is 18.9. The first-order valence-corrected chi connectivity index (χ1v) is 11.0. The van der Waals surface area contributed by atoms with Crippen molar-refractivity contribution in [3.05, 3.63) is 52.6 Å². The van der Waals surface area contributed by atoms with Gasteiger partial charge in [-0.25, -0.2) is 0 Å². The molecule has 12 heteroatoms. The van der Waals surface area contributed by atoms with Crippen LogP contribution in [0.5, 0.6) is 23.0 Å². The number of phenolic OH excluding ortho intramolecular Hbond substituents is 1. The Bertz CT molecular complexity index is 1140. The number of methoxy groups -OCH3 is 1. The molecule has 0 aromatic heterocycles. The number of para-hydroxylation sites is 1. The molecule has 2 aromatic carbocycles. The molecule has 0 saturated heterocycles. The van der Waals surface area contributed by atoms with Gasteiger partial charge in [0.2, 0.25) is 0 Å². The van der Waals surface area contributed by atoms with E-state index in [1.165, 1.54) is 30.3 Å². The van der Waals surface area contributed by atoms with Gasteiger partial charge in [0.05, 0.1) is 36.3 Å². The quantitative estimate of drug-likeness (QED) is 0.234. The van der Waals surface area contributed by atoms with Crippen LogP contribution in [0, 0.1) is 5.92 Å². The minimum atomic E-state index is -5.00. The van der Waals surface area contributed by atoms with Gasteiger partial charge in [0.25, 0.3) is 0 Å². The average Bonchev–Trinajstić information content (AvgIpc) is 2.77. The summed E-state index contributed by atoms with van der Waals surface area (Å²) in [4.78, 5) is 23.4. The number of ketones is 1. The zero-order valence-corrected chi connectivity index (χ0v) is 19.6. The lowest BCUT2D eigenvalue weighted by Gasteiger charge is -2.32. The van der Waals surface area contributed by atoms with Gasteiger partial charge in [-0.1, -0.05) is 17.7 Å². The smallest absolute Gasteiger partial charge is 0.506 e. The molecule has 0 unspecified atom stereocenters. The molecule has 2 aromatic rings. The van der Waals surface area contributed by atoms with Gasteiger partial charge < -0.3 is 29.2 Å². The van der Waals surface area contributed by atoms with Gasteiger partial charge in [-0.2, -0.15) is 0 Å². The molecule has 3 rings (SSSR count). The van der Waals surface area contributed by atoms with Crippen molar-refractivity contribution >= 4 is 29.4 Å². The minimum Gasteiger partial charge on any atom is -0.506 e. The van der Waals surface area contributed by atoms with Gasteiger partial charge in [-0.15, -0.1) is 13.2 Å². The van der Waals surface area contributed by atoms with Gasteiger partial charge >= 0.3 is 12.3 Å². The number of halogens is 4. The molecule has 0 aliphatic heterocycles. The van der Waals surface area contributed by atoms with Crippen LogP contribution in [-0.4, -0.2) is 54.8 Å². The van der Waals surface area contributed by atoms with Gasteiger partial charge in [0.15, 0.2) is 17.3 Å². The number of carboxylic acid groups (broad SMARTS) is 1. The van der Waals surface area contributed by atoms with E-state index in [4.69, 9.17) is 30.9 Å². The van der Waals surface area contributed by atoms with E-state index in [2.05, 4.69) is 4.74 Å². The van der Waals surface area contributed by atoms with Crippen molar-refractivity contribution in [3.8, 4) is 23.0 Å². The predicted molar refractivity (Wildman–Crippen MR) is 122 cm³/mol. The van der Waals surface area contributed by atoms with Crippen LogP contribution in [0.2, 0.25) is 5.02 Å². The molecule has 1 fully saturated rings. The van der Waals surface area contributed by atoms with Crippen LogP contribution in [0.15, 0.2) is 36.4 Å². The van der Waals surface area contributed by atoms with Crippen molar-refractivity contribution in [3.63, 3.8) is 0 Å². The summed E-state index contributed by atoms with van der Waals surface area (Å²) in [6.07, 6.45) is -2.20. The van der Waals surface area contributed by atoms with Crippen LogP contribution in [-0.2, 0) is 9.53 Å². The van der Waals surface area contributed by atoms with Crippen molar-refractivity contribution in [2.24, 2.45) is 5.92 Å². The summed E-state index contributed by atoms with van der Waals surface area (Å²) in [5, 5.41) is 18.9. The lowest BCUT2D eigenvalue weighted by molar-refractivity contribution is -0.275. The maximum Gasteiger partial charge on any atom is 0.573 e. The number of hydrogen-bond donors (Lipinski definition) is 2. The molecule has 2 N–H and O–H groups in total. The number of aliphatic carboxylic acids is 1. The second-order valence-electron chi connectivity index (χ2n) is 7.77. The van der Waals surface area contributed by atoms with E-state index in [9.17, 15) is 27.9 Å². The molecule has 0 spiro atoms. The number of benzene rings is 2. The summed E-state index contributed by atoms with van der Waals surface area (Å²) < 4.78 is 58.8. The van der Waals surface area contributed by atoms with E-state index in [-0.39, 0.29) is 47.0 Å². The van der Waals surface area contributed by atoms with Crippen LogP contribution in [0.3, 0.4) is 0 Å².